The number of hydrogen-bond donors (Lipinski definition) is 2. The van der Waals surface area contributed by atoms with Crippen molar-refractivity contribution in [2.24, 2.45) is 11.7 Å². The minimum atomic E-state index is -0.370. The molecule has 2 amide bonds. The van der Waals surface area contributed by atoms with E-state index in [1.807, 2.05) is 0 Å². The van der Waals surface area contributed by atoms with Crippen molar-refractivity contribution in [1.82, 2.24) is 5.32 Å². The lowest BCUT2D eigenvalue weighted by Crippen LogP contribution is -2.35. The Morgan fingerprint density at radius 1 is 1.41 bits per heavy atom. The molecule has 3 N–H and O–H groups in total. The predicted octanol–water partition coefficient (Wildman–Crippen LogP) is 0.132. The third-order valence-electron chi connectivity index (χ3n) is 3.62. The molecule has 1 aromatic carbocycles. The average molecular weight is 307 g/mol. The first kappa shape index (κ1) is 16.1. The maximum absolute atomic E-state index is 12.2. The van der Waals surface area contributed by atoms with Gasteiger partial charge in [-0.1, -0.05) is 0 Å². The summed E-state index contributed by atoms with van der Waals surface area (Å²) < 4.78 is 10.5. The molecule has 1 heterocycles. The van der Waals surface area contributed by atoms with Crippen LogP contribution in [0.2, 0.25) is 0 Å². The molecule has 0 aromatic heterocycles. The summed E-state index contributed by atoms with van der Waals surface area (Å²) in [6.07, 6.45) is 0.186. The largest absolute Gasteiger partial charge is 0.497 e. The summed E-state index contributed by atoms with van der Waals surface area (Å²) in [5, 5.41) is 2.72. The lowest BCUT2D eigenvalue weighted by Gasteiger charge is -2.20. The van der Waals surface area contributed by atoms with Gasteiger partial charge in [0.15, 0.2) is 0 Å². The third kappa shape index (κ3) is 3.30. The van der Waals surface area contributed by atoms with E-state index in [2.05, 4.69) is 5.32 Å². The molecular weight excluding hydrogens is 286 g/mol. The van der Waals surface area contributed by atoms with Crippen LogP contribution in [0.3, 0.4) is 0 Å². The Labute approximate surface area is 129 Å². The molecule has 0 aliphatic carbocycles. The Morgan fingerprint density at radius 2 is 2.18 bits per heavy atom. The smallest absolute Gasteiger partial charge is 0.227 e. The Bertz CT molecular complexity index is 562. The SMILES string of the molecule is COc1ccc(N2CC(C(=O)NCCN)CC2=O)c(OC)c1. The van der Waals surface area contributed by atoms with Crippen LogP contribution in [-0.4, -0.2) is 45.7 Å². The van der Waals surface area contributed by atoms with Crippen LogP contribution in [0.15, 0.2) is 18.2 Å². The minimum Gasteiger partial charge on any atom is -0.497 e. The molecular formula is C15H21N3O4. The van der Waals surface area contributed by atoms with E-state index >= 15 is 0 Å². The highest BCUT2D eigenvalue weighted by Gasteiger charge is 2.36. The number of methoxy groups -OCH3 is 2. The number of ether oxygens (including phenoxy) is 2. The van der Waals surface area contributed by atoms with Gasteiger partial charge in [0.25, 0.3) is 0 Å². The van der Waals surface area contributed by atoms with Gasteiger partial charge in [-0.25, -0.2) is 0 Å². The molecule has 22 heavy (non-hydrogen) atoms. The normalized spacial score (nSPS) is 17.5. The van der Waals surface area contributed by atoms with Gasteiger partial charge in [-0.15, -0.1) is 0 Å². The molecule has 0 spiro atoms. The first-order valence-corrected chi connectivity index (χ1v) is 7.10. The van der Waals surface area contributed by atoms with E-state index < -0.39 is 0 Å². The van der Waals surface area contributed by atoms with Crippen LogP contribution in [-0.2, 0) is 9.59 Å². The third-order valence-corrected chi connectivity index (χ3v) is 3.62. The topological polar surface area (TPSA) is 93.9 Å². The zero-order chi connectivity index (χ0) is 16.1. The van der Waals surface area contributed by atoms with Crippen molar-refractivity contribution in [1.29, 1.82) is 0 Å². The van der Waals surface area contributed by atoms with Crippen molar-refractivity contribution in [3.63, 3.8) is 0 Å². The maximum atomic E-state index is 12.2. The number of nitrogens with zero attached hydrogens (tertiary/aromatic N) is 1. The molecule has 1 unspecified atom stereocenters. The van der Waals surface area contributed by atoms with Gasteiger partial charge in [0.2, 0.25) is 11.8 Å². The van der Waals surface area contributed by atoms with Crippen LogP contribution in [0.25, 0.3) is 0 Å². The fraction of sp³-hybridized carbons (Fsp3) is 0.467. The van der Waals surface area contributed by atoms with Gasteiger partial charge in [0.05, 0.1) is 25.8 Å². The Morgan fingerprint density at radius 3 is 2.82 bits per heavy atom. The van der Waals surface area contributed by atoms with Crippen LogP contribution in [0.5, 0.6) is 11.5 Å². The Hall–Kier alpha value is -2.28. The molecule has 1 saturated heterocycles. The number of hydrogen-bond acceptors (Lipinski definition) is 5. The summed E-state index contributed by atoms with van der Waals surface area (Å²) >= 11 is 0. The Kier molecular flexibility index (Phi) is 5.21. The van der Waals surface area contributed by atoms with Crippen molar-refractivity contribution in [2.75, 3.05) is 38.8 Å². The van der Waals surface area contributed by atoms with Gasteiger partial charge < -0.3 is 25.4 Å². The van der Waals surface area contributed by atoms with Crippen molar-refractivity contribution in [3.05, 3.63) is 18.2 Å². The second kappa shape index (κ2) is 7.13. The number of carbonyl (C=O) groups is 2. The minimum absolute atomic E-state index is 0.101. The van der Waals surface area contributed by atoms with Crippen molar-refractivity contribution >= 4 is 17.5 Å². The number of nitrogens with two attached hydrogens (primary N) is 1. The van der Waals surface area contributed by atoms with Crippen LogP contribution in [0.1, 0.15) is 6.42 Å². The number of amides is 2. The fourth-order valence-corrected chi connectivity index (χ4v) is 2.46. The number of carbonyl (C=O) groups excluding carboxylic acids is 2. The van der Waals surface area contributed by atoms with Gasteiger partial charge in [-0.2, -0.15) is 0 Å². The molecule has 1 atom stereocenters. The lowest BCUT2D eigenvalue weighted by molar-refractivity contribution is -0.126. The summed E-state index contributed by atoms with van der Waals surface area (Å²) in [6.45, 7) is 1.12. The first-order chi connectivity index (χ1) is 10.6. The number of anilines is 1. The predicted molar refractivity (Wildman–Crippen MR) is 82.1 cm³/mol. The van der Waals surface area contributed by atoms with Gasteiger partial charge >= 0.3 is 0 Å². The molecule has 1 aromatic rings. The molecule has 1 aliphatic heterocycles. The monoisotopic (exact) mass is 307 g/mol. The van der Waals surface area contributed by atoms with Gasteiger partial charge in [0, 0.05) is 32.1 Å². The average Bonchev–Trinajstić information content (AvgIpc) is 2.93. The molecule has 1 aliphatic rings. The molecule has 7 nitrogen and oxygen atoms in total. The molecule has 7 heteroatoms. The molecule has 0 bridgehead atoms. The molecule has 120 valence electrons. The quantitative estimate of drug-likeness (QED) is 0.779. The molecule has 1 fully saturated rings. The van der Waals surface area contributed by atoms with Crippen molar-refractivity contribution in [2.45, 2.75) is 6.42 Å². The number of rotatable bonds is 6. The van der Waals surface area contributed by atoms with E-state index in [1.54, 1.807) is 30.2 Å². The zero-order valence-corrected chi connectivity index (χ0v) is 12.8. The molecule has 0 radical (unpaired) electrons. The maximum Gasteiger partial charge on any atom is 0.227 e. The summed E-state index contributed by atoms with van der Waals surface area (Å²) in [6, 6.07) is 5.23. The van der Waals surface area contributed by atoms with Crippen molar-refractivity contribution in [3.8, 4) is 11.5 Å². The van der Waals surface area contributed by atoms with Crippen LogP contribution < -0.4 is 25.4 Å². The summed E-state index contributed by atoms with van der Waals surface area (Å²) in [5.74, 6) is 0.566. The standard InChI is InChI=1S/C15H21N3O4/c1-21-11-3-4-12(13(8-11)22-2)18-9-10(7-14(18)19)15(20)17-6-5-16/h3-4,8,10H,5-7,9,16H2,1-2H3,(H,17,20). The molecule has 2 rings (SSSR count). The highest BCUT2D eigenvalue weighted by molar-refractivity contribution is 6.01. The second-order valence-corrected chi connectivity index (χ2v) is 5.02. The van der Waals surface area contributed by atoms with Crippen molar-refractivity contribution < 1.29 is 19.1 Å². The van der Waals surface area contributed by atoms with Crippen LogP contribution >= 0.6 is 0 Å². The number of benzene rings is 1. The highest BCUT2D eigenvalue weighted by Crippen LogP contribution is 2.35. The van der Waals surface area contributed by atoms with E-state index in [1.165, 1.54) is 7.11 Å². The van der Waals surface area contributed by atoms with Crippen LogP contribution in [0, 0.1) is 5.92 Å². The van der Waals surface area contributed by atoms with E-state index in [4.69, 9.17) is 15.2 Å². The van der Waals surface area contributed by atoms with E-state index in [9.17, 15) is 9.59 Å². The van der Waals surface area contributed by atoms with Crippen LogP contribution in [0.4, 0.5) is 5.69 Å². The van der Waals surface area contributed by atoms with Gasteiger partial charge in [0.1, 0.15) is 11.5 Å². The van der Waals surface area contributed by atoms with Gasteiger partial charge in [-0.05, 0) is 12.1 Å². The lowest BCUT2D eigenvalue weighted by atomic mass is 10.1. The van der Waals surface area contributed by atoms with E-state index in [0.29, 0.717) is 36.8 Å². The first-order valence-electron chi connectivity index (χ1n) is 7.10. The highest BCUT2D eigenvalue weighted by atomic mass is 16.5. The van der Waals surface area contributed by atoms with E-state index in [0.717, 1.165) is 0 Å². The molecule has 0 saturated carbocycles. The summed E-state index contributed by atoms with van der Waals surface area (Å²) in [7, 11) is 3.09. The Balaban J connectivity index is 2.16. The number of nitrogens with one attached hydrogen (secondary N) is 1. The summed E-state index contributed by atoms with van der Waals surface area (Å²) in [4.78, 5) is 25.8. The van der Waals surface area contributed by atoms with Gasteiger partial charge in [-0.3, -0.25) is 9.59 Å². The second-order valence-electron chi connectivity index (χ2n) is 5.02. The summed E-state index contributed by atoms with van der Waals surface area (Å²) in [5.41, 5.74) is 6.01. The van der Waals surface area contributed by atoms with E-state index in [-0.39, 0.29) is 24.2 Å². The fourth-order valence-electron chi connectivity index (χ4n) is 2.46. The zero-order valence-electron chi connectivity index (χ0n) is 12.8.